The molecule has 2 unspecified atom stereocenters. The van der Waals surface area contributed by atoms with Crippen molar-refractivity contribution in [3.8, 4) is 5.75 Å². The quantitative estimate of drug-likeness (QED) is 0.140. The molecule has 4 aliphatic carbocycles. The number of carbonyl (C=O) groups excluding carboxylic acids is 4. The molecule has 0 spiro atoms. The predicted octanol–water partition coefficient (Wildman–Crippen LogP) is 1.79. The number of nitrogens with one attached hydrogen (secondary N) is 4. The number of benzene rings is 2. The third-order valence-electron chi connectivity index (χ3n) is 10.2. The van der Waals surface area contributed by atoms with E-state index in [1.54, 1.807) is 12.1 Å². The highest BCUT2D eigenvalue weighted by Gasteiger charge is 2.58. The first-order chi connectivity index (χ1) is 23.0. The third kappa shape index (κ3) is 9.09. The number of carbonyl (C=O) groups is 4. The van der Waals surface area contributed by atoms with Gasteiger partial charge in [0.05, 0.1) is 12.6 Å². The average Bonchev–Trinajstić information content (AvgIpc) is 3.05. The first-order valence-corrected chi connectivity index (χ1v) is 18.3. The van der Waals surface area contributed by atoms with E-state index < -0.39 is 35.8 Å². The lowest BCUT2D eigenvalue weighted by atomic mass is 9.47. The molecule has 6 rings (SSSR count). The minimum Gasteiger partial charge on any atom is -0.508 e. The van der Waals surface area contributed by atoms with Gasteiger partial charge in [-0.05, 0) is 104 Å². The summed E-state index contributed by atoms with van der Waals surface area (Å²) in [5, 5.41) is 31.4. The molecule has 0 radical (unpaired) electrons. The molecule has 2 aromatic rings. The average molecular weight is 680 g/mol. The summed E-state index contributed by atoms with van der Waals surface area (Å²) in [5.41, 5.74) is 7.26. The van der Waals surface area contributed by atoms with E-state index in [0.717, 1.165) is 49.7 Å². The van der Waals surface area contributed by atoms with Gasteiger partial charge < -0.3 is 37.2 Å². The van der Waals surface area contributed by atoms with Gasteiger partial charge in [-0.15, -0.1) is 0 Å². The number of nitrogens with two attached hydrogens (primary N) is 1. The molecule has 0 heterocycles. The highest BCUT2D eigenvalue weighted by atomic mass is 32.2. The summed E-state index contributed by atoms with van der Waals surface area (Å²) >= 11 is 1.52. The lowest BCUT2D eigenvalue weighted by molar-refractivity contribution is -0.138. The summed E-state index contributed by atoms with van der Waals surface area (Å²) in [5.74, 6) is -0.122. The SMILES string of the molecule is CSCC[C@@H](NC(=O)[C@@H](N)Cc1ccc(O)cc1)C(=O)NCC(=O)N[C@@H](Cc1ccccc1)C(=O)NC12CC3CC(CC(CO)(C3)C1)C2. The summed E-state index contributed by atoms with van der Waals surface area (Å²) in [6.07, 6.45) is 8.42. The van der Waals surface area contributed by atoms with Crippen LogP contribution >= 0.6 is 11.8 Å². The molecule has 4 amide bonds. The summed E-state index contributed by atoms with van der Waals surface area (Å²) < 4.78 is 0. The highest BCUT2D eigenvalue weighted by Crippen LogP contribution is 2.61. The molecule has 8 N–H and O–H groups in total. The maximum Gasteiger partial charge on any atom is 0.243 e. The van der Waals surface area contributed by atoms with Crippen LogP contribution in [0, 0.1) is 17.3 Å². The molecule has 4 fully saturated rings. The van der Waals surface area contributed by atoms with Gasteiger partial charge in [-0.1, -0.05) is 42.5 Å². The molecule has 0 saturated heterocycles. The maximum absolute atomic E-state index is 13.9. The second-order valence-electron chi connectivity index (χ2n) is 14.2. The Morgan fingerprint density at radius 1 is 0.875 bits per heavy atom. The fourth-order valence-electron chi connectivity index (χ4n) is 8.49. The fraction of sp³-hybridized carbons (Fsp3) is 0.556. The third-order valence-corrected chi connectivity index (χ3v) is 10.9. The lowest BCUT2D eigenvalue weighted by Crippen LogP contribution is -2.66. The van der Waals surface area contributed by atoms with E-state index in [1.165, 1.54) is 23.9 Å². The number of hydrogen-bond donors (Lipinski definition) is 7. The van der Waals surface area contributed by atoms with E-state index in [2.05, 4.69) is 21.3 Å². The monoisotopic (exact) mass is 679 g/mol. The molecule has 12 heteroatoms. The van der Waals surface area contributed by atoms with Gasteiger partial charge >= 0.3 is 0 Å². The molecule has 4 saturated carbocycles. The number of amides is 4. The van der Waals surface area contributed by atoms with Crippen LogP contribution in [-0.4, -0.2) is 82.7 Å². The van der Waals surface area contributed by atoms with E-state index in [9.17, 15) is 29.4 Å². The fourth-order valence-corrected chi connectivity index (χ4v) is 8.96. The minimum atomic E-state index is -0.916. The van der Waals surface area contributed by atoms with Crippen LogP contribution in [0.15, 0.2) is 54.6 Å². The molecule has 2 aromatic carbocycles. The van der Waals surface area contributed by atoms with Crippen molar-refractivity contribution >= 4 is 35.4 Å². The van der Waals surface area contributed by atoms with E-state index in [1.807, 2.05) is 36.6 Å². The summed E-state index contributed by atoms with van der Waals surface area (Å²) in [6, 6.07) is 13.2. The number of rotatable bonds is 16. The molecule has 4 bridgehead atoms. The second kappa shape index (κ2) is 15.7. The zero-order chi connectivity index (χ0) is 34.3. The molecule has 0 aromatic heterocycles. The predicted molar refractivity (Wildman–Crippen MR) is 185 cm³/mol. The zero-order valence-corrected chi connectivity index (χ0v) is 28.4. The zero-order valence-electron chi connectivity index (χ0n) is 27.6. The van der Waals surface area contributed by atoms with Gasteiger partial charge in [-0.3, -0.25) is 19.2 Å². The maximum atomic E-state index is 13.9. The first-order valence-electron chi connectivity index (χ1n) is 16.9. The lowest BCUT2D eigenvalue weighted by Gasteiger charge is -2.62. The van der Waals surface area contributed by atoms with Crippen LogP contribution < -0.4 is 27.0 Å². The Morgan fingerprint density at radius 3 is 2.19 bits per heavy atom. The van der Waals surface area contributed by atoms with Gasteiger partial charge in [0.25, 0.3) is 0 Å². The van der Waals surface area contributed by atoms with Crippen LogP contribution in [0.1, 0.15) is 56.1 Å². The number of thioether (sulfide) groups is 1. The Bertz CT molecular complexity index is 1430. The topological polar surface area (TPSA) is 183 Å². The Morgan fingerprint density at radius 2 is 1.54 bits per heavy atom. The Labute approximate surface area is 286 Å². The first kappa shape index (κ1) is 35.7. The number of hydrogen-bond acceptors (Lipinski definition) is 8. The largest absolute Gasteiger partial charge is 0.508 e. The highest BCUT2D eigenvalue weighted by molar-refractivity contribution is 7.98. The summed E-state index contributed by atoms with van der Waals surface area (Å²) in [4.78, 5) is 53.3. The molecule has 4 aliphatic rings. The molecular formula is C36H49N5O6S. The number of aliphatic hydroxyl groups excluding tert-OH is 1. The van der Waals surface area contributed by atoms with Crippen molar-refractivity contribution < 1.29 is 29.4 Å². The van der Waals surface area contributed by atoms with E-state index in [0.29, 0.717) is 24.0 Å². The van der Waals surface area contributed by atoms with Crippen LogP contribution in [0.5, 0.6) is 5.75 Å². The van der Waals surface area contributed by atoms with Crippen molar-refractivity contribution in [1.82, 2.24) is 21.3 Å². The Balaban J connectivity index is 1.19. The van der Waals surface area contributed by atoms with Crippen molar-refractivity contribution in [3.05, 3.63) is 65.7 Å². The summed E-state index contributed by atoms with van der Waals surface area (Å²) in [6.45, 7) is -0.240. The number of phenols is 1. The van der Waals surface area contributed by atoms with Crippen LogP contribution in [0.25, 0.3) is 0 Å². The van der Waals surface area contributed by atoms with Crippen molar-refractivity contribution in [2.24, 2.45) is 23.0 Å². The van der Waals surface area contributed by atoms with Crippen LogP contribution in [-0.2, 0) is 32.0 Å². The number of phenolic OH excluding ortho intramolecular Hbond substituents is 1. The van der Waals surface area contributed by atoms with Crippen molar-refractivity contribution in [3.63, 3.8) is 0 Å². The second-order valence-corrected chi connectivity index (χ2v) is 15.2. The molecule has 260 valence electrons. The molecule has 11 nitrogen and oxygen atoms in total. The minimum absolute atomic E-state index is 0.111. The van der Waals surface area contributed by atoms with E-state index in [-0.39, 0.29) is 48.6 Å². The smallest absolute Gasteiger partial charge is 0.243 e. The van der Waals surface area contributed by atoms with Gasteiger partial charge in [0.15, 0.2) is 0 Å². The molecule has 5 atom stereocenters. The van der Waals surface area contributed by atoms with Gasteiger partial charge in [0, 0.05) is 18.6 Å². The van der Waals surface area contributed by atoms with Gasteiger partial charge in [-0.25, -0.2) is 0 Å². The number of aliphatic hydroxyl groups is 1. The van der Waals surface area contributed by atoms with Gasteiger partial charge in [-0.2, -0.15) is 11.8 Å². The normalized spacial score (nSPS) is 25.8. The number of aromatic hydroxyl groups is 1. The van der Waals surface area contributed by atoms with Crippen LogP contribution in [0.4, 0.5) is 0 Å². The standard InChI is InChI=1S/C36H49N5O6S/c1-48-12-11-29(40-32(45)28(37)14-24-7-9-27(43)10-8-24)33(46)38-20-31(44)39-30(15-23-5-3-2-4-6-23)34(47)41-36-18-25-13-26(19-36)17-35(16-25,21-36)22-42/h2-10,25-26,28-30,42-43H,11-22,37H2,1H3,(H,38,46)(H,39,44)(H,40,45)(H,41,47)/t25?,26?,28-,29+,30-,35?,36?/m0/s1. The van der Waals surface area contributed by atoms with Crippen LogP contribution in [0.3, 0.4) is 0 Å². The molecular weight excluding hydrogens is 630 g/mol. The van der Waals surface area contributed by atoms with E-state index >= 15 is 0 Å². The van der Waals surface area contributed by atoms with Crippen molar-refractivity contribution in [2.45, 2.75) is 81.5 Å². The Kier molecular flexibility index (Phi) is 11.7. The van der Waals surface area contributed by atoms with Gasteiger partial charge in [0.1, 0.15) is 17.8 Å². The summed E-state index contributed by atoms with van der Waals surface area (Å²) in [7, 11) is 0. The molecule has 48 heavy (non-hydrogen) atoms. The van der Waals surface area contributed by atoms with Crippen molar-refractivity contribution in [1.29, 1.82) is 0 Å². The van der Waals surface area contributed by atoms with Crippen molar-refractivity contribution in [2.75, 3.05) is 25.2 Å². The molecule has 0 aliphatic heterocycles. The van der Waals surface area contributed by atoms with Gasteiger partial charge in [0.2, 0.25) is 23.6 Å². The Hall–Kier alpha value is -3.61. The van der Waals surface area contributed by atoms with E-state index in [4.69, 9.17) is 5.73 Å². The van der Waals surface area contributed by atoms with Crippen LogP contribution in [0.2, 0.25) is 0 Å².